The van der Waals surface area contributed by atoms with E-state index in [1.54, 1.807) is 13.0 Å². The number of aliphatic carboxylic acids is 1. The lowest BCUT2D eigenvalue weighted by atomic mass is 9.45. The number of fused-ring (bicyclic) bond motifs is 5. The molecule has 0 spiro atoms. The highest BCUT2D eigenvalue weighted by atomic mass is 19.1. The topological polar surface area (TPSA) is 74.6 Å². The maximum absolute atomic E-state index is 16.7. The van der Waals surface area contributed by atoms with Crippen molar-refractivity contribution < 1.29 is 24.2 Å². The van der Waals surface area contributed by atoms with Gasteiger partial charge in [-0.25, -0.2) is 9.18 Å². The van der Waals surface area contributed by atoms with Crippen molar-refractivity contribution in [1.29, 1.82) is 0 Å². The summed E-state index contributed by atoms with van der Waals surface area (Å²) < 4.78 is 16.7. The minimum absolute atomic E-state index is 0.0916. The number of halogens is 1. The van der Waals surface area contributed by atoms with Crippen LogP contribution in [0, 0.1) is 22.7 Å². The molecule has 1 unspecified atom stereocenters. The quantitative estimate of drug-likeness (QED) is 0.752. The monoisotopic (exact) mass is 360 g/mol. The molecular weight excluding hydrogens is 335 g/mol. The first-order valence-electron chi connectivity index (χ1n) is 9.30. The van der Waals surface area contributed by atoms with Crippen molar-refractivity contribution in [2.45, 2.75) is 58.2 Å². The van der Waals surface area contributed by atoms with Crippen LogP contribution >= 0.6 is 0 Å². The van der Waals surface area contributed by atoms with Crippen molar-refractivity contribution in [3.05, 3.63) is 34.9 Å². The molecule has 140 valence electrons. The average molecular weight is 360 g/mol. The summed E-state index contributed by atoms with van der Waals surface area (Å²) in [6.45, 7) is 5.45. The molecule has 4 aliphatic carbocycles. The van der Waals surface area contributed by atoms with Crippen LogP contribution in [0.1, 0.15) is 46.5 Å². The normalized spacial score (nSPS) is 47.2. The van der Waals surface area contributed by atoms with Gasteiger partial charge < -0.3 is 10.2 Å². The molecule has 5 heteroatoms. The number of hydrogen-bond acceptors (Lipinski definition) is 3. The number of ketones is 1. The van der Waals surface area contributed by atoms with Crippen LogP contribution in [0.2, 0.25) is 0 Å². The Kier molecular flexibility index (Phi) is 3.50. The molecule has 0 aromatic heterocycles. The lowest BCUT2D eigenvalue weighted by molar-refractivity contribution is -0.186. The highest BCUT2D eigenvalue weighted by molar-refractivity contribution is 6.01. The van der Waals surface area contributed by atoms with Crippen LogP contribution in [-0.4, -0.2) is 33.7 Å². The standard InChI is InChI=1S/C21H25FO4/c1-11-8-15-14-5-4-12-9-13(23)6-7-20(12,3)21(14,22)16(24)10-19(15,2)17(11)18(25)26/h6-7,9,14-16,24H,4-5,8,10H2,1-3H3,(H,25,26)/t14-,15-,16?,19-,20-,21-/m0/s1. The van der Waals surface area contributed by atoms with E-state index in [9.17, 15) is 19.8 Å². The largest absolute Gasteiger partial charge is 0.478 e. The molecule has 0 amide bonds. The van der Waals surface area contributed by atoms with Crippen molar-refractivity contribution in [3.8, 4) is 0 Å². The average Bonchev–Trinajstić information content (AvgIpc) is 2.80. The van der Waals surface area contributed by atoms with Gasteiger partial charge in [-0.3, -0.25) is 4.79 Å². The molecule has 6 atom stereocenters. The van der Waals surface area contributed by atoms with Gasteiger partial charge in [0.05, 0.1) is 6.10 Å². The number of carbonyl (C=O) groups excluding carboxylic acids is 1. The second-order valence-electron chi connectivity index (χ2n) is 8.93. The summed E-state index contributed by atoms with van der Waals surface area (Å²) in [4.78, 5) is 23.6. The highest BCUT2D eigenvalue weighted by Gasteiger charge is 2.70. The molecule has 2 fully saturated rings. The SMILES string of the molecule is CC1=C(C(=O)O)[C@@]2(C)CC(O)[C@@]3(F)[C@@H](CCC4=CC(=O)C=C[C@@]43C)[C@@H]2C1. The van der Waals surface area contributed by atoms with Crippen molar-refractivity contribution in [1.82, 2.24) is 0 Å². The fourth-order valence-electron chi connectivity index (χ4n) is 6.57. The van der Waals surface area contributed by atoms with Gasteiger partial charge in [-0.2, -0.15) is 0 Å². The van der Waals surface area contributed by atoms with Gasteiger partial charge in [0.15, 0.2) is 11.5 Å². The van der Waals surface area contributed by atoms with E-state index in [4.69, 9.17) is 0 Å². The first kappa shape index (κ1) is 17.7. The van der Waals surface area contributed by atoms with E-state index in [1.807, 2.05) is 13.8 Å². The summed E-state index contributed by atoms with van der Waals surface area (Å²) >= 11 is 0. The Hall–Kier alpha value is -1.75. The zero-order valence-corrected chi connectivity index (χ0v) is 15.4. The second kappa shape index (κ2) is 5.16. The second-order valence-corrected chi connectivity index (χ2v) is 8.93. The van der Waals surface area contributed by atoms with Crippen molar-refractivity contribution >= 4 is 11.8 Å². The summed E-state index contributed by atoms with van der Waals surface area (Å²) in [7, 11) is 0. The zero-order chi connectivity index (χ0) is 19.1. The Labute approximate surface area is 152 Å². The molecule has 4 rings (SSSR count). The summed E-state index contributed by atoms with van der Waals surface area (Å²) in [5, 5.41) is 20.7. The first-order chi connectivity index (χ1) is 12.1. The molecule has 26 heavy (non-hydrogen) atoms. The van der Waals surface area contributed by atoms with Crippen LogP contribution in [0.25, 0.3) is 0 Å². The molecule has 0 bridgehead atoms. The number of rotatable bonds is 1. The van der Waals surface area contributed by atoms with Gasteiger partial charge in [0.1, 0.15) is 0 Å². The molecule has 2 saturated carbocycles. The third-order valence-electron chi connectivity index (χ3n) is 7.77. The molecule has 0 aliphatic heterocycles. The van der Waals surface area contributed by atoms with Crippen LogP contribution in [-0.2, 0) is 9.59 Å². The molecule has 2 N–H and O–H groups in total. The van der Waals surface area contributed by atoms with E-state index in [0.717, 1.165) is 11.1 Å². The van der Waals surface area contributed by atoms with Crippen molar-refractivity contribution in [3.63, 3.8) is 0 Å². The van der Waals surface area contributed by atoms with Crippen LogP contribution in [0.4, 0.5) is 4.39 Å². The Morgan fingerprint density at radius 2 is 2.00 bits per heavy atom. The lowest BCUT2D eigenvalue weighted by Crippen LogP contribution is -2.66. The summed E-state index contributed by atoms with van der Waals surface area (Å²) in [6, 6.07) is 0. The number of carboxylic acids is 1. The molecule has 0 saturated heterocycles. The predicted molar refractivity (Wildman–Crippen MR) is 94.1 cm³/mol. The number of aliphatic hydroxyl groups excluding tert-OH is 1. The third kappa shape index (κ3) is 1.87. The first-order valence-corrected chi connectivity index (χ1v) is 9.30. The van der Waals surface area contributed by atoms with E-state index >= 15 is 4.39 Å². The Morgan fingerprint density at radius 1 is 1.31 bits per heavy atom. The van der Waals surface area contributed by atoms with Gasteiger partial charge in [-0.15, -0.1) is 0 Å². The fourth-order valence-corrected chi connectivity index (χ4v) is 6.57. The number of hydrogen-bond donors (Lipinski definition) is 2. The number of carboxylic acid groups (broad SMARTS) is 1. The van der Waals surface area contributed by atoms with E-state index in [0.29, 0.717) is 24.8 Å². The smallest absolute Gasteiger partial charge is 0.332 e. The third-order valence-corrected chi connectivity index (χ3v) is 7.77. The van der Waals surface area contributed by atoms with Crippen LogP contribution in [0.15, 0.2) is 34.9 Å². The maximum atomic E-state index is 16.7. The summed E-state index contributed by atoms with van der Waals surface area (Å²) in [5.41, 5.74) is -1.75. The van der Waals surface area contributed by atoms with Crippen LogP contribution in [0.5, 0.6) is 0 Å². The van der Waals surface area contributed by atoms with E-state index < -0.39 is 34.5 Å². The minimum Gasteiger partial charge on any atom is -0.478 e. The Bertz CT molecular complexity index is 809. The molecule has 0 radical (unpaired) electrons. The minimum atomic E-state index is -1.90. The summed E-state index contributed by atoms with van der Waals surface area (Å²) in [5.74, 6) is -1.69. The van der Waals surface area contributed by atoms with Crippen molar-refractivity contribution in [2.24, 2.45) is 22.7 Å². The Balaban J connectivity index is 1.84. The maximum Gasteiger partial charge on any atom is 0.332 e. The van der Waals surface area contributed by atoms with Gasteiger partial charge in [0.25, 0.3) is 0 Å². The summed E-state index contributed by atoms with van der Waals surface area (Å²) in [6.07, 6.45) is 5.03. The van der Waals surface area contributed by atoms with Crippen LogP contribution < -0.4 is 0 Å². The van der Waals surface area contributed by atoms with Gasteiger partial charge in [0, 0.05) is 22.3 Å². The molecule has 0 heterocycles. The van der Waals surface area contributed by atoms with Crippen molar-refractivity contribution in [2.75, 3.05) is 0 Å². The fraction of sp³-hybridized carbons (Fsp3) is 0.619. The predicted octanol–water partition coefficient (Wildman–Crippen LogP) is 3.37. The zero-order valence-electron chi connectivity index (χ0n) is 15.4. The Morgan fingerprint density at radius 3 is 2.65 bits per heavy atom. The van der Waals surface area contributed by atoms with Gasteiger partial charge in [0.2, 0.25) is 0 Å². The van der Waals surface area contributed by atoms with Crippen LogP contribution in [0.3, 0.4) is 0 Å². The number of alkyl halides is 1. The number of carbonyl (C=O) groups is 2. The molecule has 4 nitrogen and oxygen atoms in total. The highest BCUT2D eigenvalue weighted by Crippen LogP contribution is 2.68. The van der Waals surface area contributed by atoms with E-state index in [2.05, 4.69) is 0 Å². The number of aliphatic hydroxyl groups is 1. The van der Waals surface area contributed by atoms with Gasteiger partial charge in [-0.1, -0.05) is 24.1 Å². The lowest BCUT2D eigenvalue weighted by Gasteiger charge is -2.61. The van der Waals surface area contributed by atoms with E-state index in [1.165, 1.54) is 12.2 Å². The molecule has 0 aromatic rings. The molecule has 0 aromatic carbocycles. The van der Waals surface area contributed by atoms with Gasteiger partial charge in [-0.05, 0) is 57.6 Å². The number of allylic oxidation sites excluding steroid dienone is 5. The van der Waals surface area contributed by atoms with Gasteiger partial charge >= 0.3 is 5.97 Å². The molecular formula is C21H25FO4. The molecule has 4 aliphatic rings. The van der Waals surface area contributed by atoms with E-state index in [-0.39, 0.29) is 18.1 Å².